The SMILES string of the molecule is CCSCCN(Cc1ccccn1)Cc1cccc(NC(=O)C(C)(C)C)n1.O=[N+]([O-])[O-].O=[N+]([O-])[O-].[Pb+2]. The Morgan fingerprint density at radius 2 is 1.56 bits per heavy atom. The Balaban J connectivity index is 0. The number of hydrogen-bond acceptors (Lipinski definition) is 11. The first kappa shape index (κ1) is 35.6. The topological polar surface area (TPSA) is 191 Å². The van der Waals surface area contributed by atoms with E-state index in [0.717, 1.165) is 42.5 Å². The van der Waals surface area contributed by atoms with Gasteiger partial charge >= 0.3 is 27.3 Å². The van der Waals surface area contributed by atoms with E-state index in [9.17, 15) is 4.79 Å². The molecule has 2 heterocycles. The van der Waals surface area contributed by atoms with Crippen molar-refractivity contribution in [3.8, 4) is 0 Å². The van der Waals surface area contributed by atoms with Gasteiger partial charge in [0, 0.05) is 37.0 Å². The maximum Gasteiger partial charge on any atom is 2.00 e. The van der Waals surface area contributed by atoms with Crippen LogP contribution in [0.25, 0.3) is 0 Å². The molecule has 1 amide bonds. The fourth-order valence-electron chi connectivity index (χ4n) is 2.44. The van der Waals surface area contributed by atoms with E-state index in [1.54, 1.807) is 0 Å². The molecule has 0 aliphatic heterocycles. The second-order valence-electron chi connectivity index (χ2n) is 7.89. The molecule has 0 spiro atoms. The molecule has 15 heteroatoms. The van der Waals surface area contributed by atoms with Crippen molar-refractivity contribution in [2.45, 2.75) is 40.8 Å². The monoisotopic (exact) mass is 718 g/mol. The van der Waals surface area contributed by atoms with Crippen LogP contribution in [0.2, 0.25) is 0 Å². The van der Waals surface area contributed by atoms with Crippen molar-refractivity contribution in [2.24, 2.45) is 5.41 Å². The maximum atomic E-state index is 12.2. The predicted molar refractivity (Wildman–Crippen MR) is 140 cm³/mol. The molecule has 36 heavy (non-hydrogen) atoms. The van der Waals surface area contributed by atoms with E-state index in [1.165, 1.54) is 0 Å². The summed E-state index contributed by atoms with van der Waals surface area (Å²) in [5, 5.41) is 32.4. The number of rotatable bonds is 9. The molecule has 0 bridgehead atoms. The molecule has 0 fully saturated rings. The van der Waals surface area contributed by atoms with Crippen LogP contribution < -0.4 is 5.32 Å². The van der Waals surface area contributed by atoms with Crippen LogP contribution in [0.5, 0.6) is 0 Å². The van der Waals surface area contributed by atoms with Crippen molar-refractivity contribution >= 4 is 50.8 Å². The average molecular weight is 718 g/mol. The average Bonchev–Trinajstić information content (AvgIpc) is 2.73. The first-order valence-corrected chi connectivity index (χ1v) is 11.6. The Morgan fingerprint density at radius 3 is 2.06 bits per heavy atom. The van der Waals surface area contributed by atoms with Crippen LogP contribution in [0.4, 0.5) is 5.82 Å². The molecule has 2 radical (unpaired) electrons. The molecule has 2 aromatic rings. The molecule has 2 rings (SSSR count). The third-order valence-electron chi connectivity index (χ3n) is 3.98. The molecular formula is C21H30N6O7PbS. The van der Waals surface area contributed by atoms with Crippen LogP contribution in [0.15, 0.2) is 42.6 Å². The smallest absolute Gasteiger partial charge is 0.356 e. The van der Waals surface area contributed by atoms with Gasteiger partial charge in [-0.2, -0.15) is 11.8 Å². The summed E-state index contributed by atoms with van der Waals surface area (Å²) in [4.78, 5) is 40.1. The Labute approximate surface area is 234 Å². The Morgan fingerprint density at radius 1 is 1.00 bits per heavy atom. The Kier molecular flexibility index (Phi) is 19.3. The fourth-order valence-corrected chi connectivity index (χ4v) is 3.12. The number of carbonyl (C=O) groups is 1. The van der Waals surface area contributed by atoms with Gasteiger partial charge in [0.1, 0.15) is 5.82 Å². The number of nitrogens with one attached hydrogen (secondary N) is 1. The number of hydrogen-bond donors (Lipinski definition) is 1. The van der Waals surface area contributed by atoms with E-state index in [-0.39, 0.29) is 33.2 Å². The number of thioether (sulfide) groups is 1. The van der Waals surface area contributed by atoms with Gasteiger partial charge < -0.3 is 36.0 Å². The van der Waals surface area contributed by atoms with Gasteiger partial charge in [-0.05, 0) is 30.0 Å². The molecule has 0 saturated heterocycles. The molecule has 13 nitrogen and oxygen atoms in total. The molecule has 0 atom stereocenters. The largest absolute Gasteiger partial charge is 2.00 e. The van der Waals surface area contributed by atoms with Crippen LogP contribution >= 0.6 is 11.8 Å². The quantitative estimate of drug-likeness (QED) is 0.173. The number of pyridine rings is 2. The van der Waals surface area contributed by atoms with E-state index in [1.807, 2.05) is 75.1 Å². The van der Waals surface area contributed by atoms with Crippen LogP contribution in [0, 0.1) is 36.1 Å². The summed E-state index contributed by atoms with van der Waals surface area (Å²) >= 11 is 1.93. The van der Waals surface area contributed by atoms with E-state index in [2.05, 4.69) is 27.1 Å². The number of amides is 1. The molecule has 0 aliphatic carbocycles. The van der Waals surface area contributed by atoms with Gasteiger partial charge in [-0.15, -0.1) is 0 Å². The third-order valence-corrected chi connectivity index (χ3v) is 4.86. The minimum atomic E-state index is -1.75. The van der Waals surface area contributed by atoms with Crippen LogP contribution in [0.1, 0.15) is 39.1 Å². The van der Waals surface area contributed by atoms with Crippen LogP contribution in [-0.4, -0.2) is 76.3 Å². The van der Waals surface area contributed by atoms with Crippen LogP contribution in [-0.2, 0) is 17.9 Å². The summed E-state index contributed by atoms with van der Waals surface area (Å²) in [5.74, 6) is 2.76. The Hall–Kier alpha value is -2.60. The number of carbonyl (C=O) groups excluding carboxylic acids is 1. The predicted octanol–water partition coefficient (Wildman–Crippen LogP) is 3.36. The first-order chi connectivity index (χ1) is 16.3. The fraction of sp³-hybridized carbons (Fsp3) is 0.476. The molecule has 0 unspecified atom stereocenters. The van der Waals surface area contributed by atoms with Crippen molar-refractivity contribution in [3.63, 3.8) is 0 Å². The molecule has 1 N–H and O–H groups in total. The third kappa shape index (κ3) is 19.7. The van der Waals surface area contributed by atoms with Gasteiger partial charge in [-0.1, -0.05) is 39.8 Å². The first-order valence-electron chi connectivity index (χ1n) is 10.5. The summed E-state index contributed by atoms with van der Waals surface area (Å²) in [6.45, 7) is 10.3. The minimum Gasteiger partial charge on any atom is -0.356 e. The van der Waals surface area contributed by atoms with Crippen LogP contribution in [0.3, 0.4) is 0 Å². The molecule has 196 valence electrons. The van der Waals surface area contributed by atoms with E-state index in [0.29, 0.717) is 5.82 Å². The summed E-state index contributed by atoms with van der Waals surface area (Å²) < 4.78 is 0. The second-order valence-corrected chi connectivity index (χ2v) is 9.29. The molecular weight excluding hydrogens is 688 g/mol. The molecule has 0 aliphatic rings. The van der Waals surface area contributed by atoms with Gasteiger partial charge in [-0.25, -0.2) is 4.98 Å². The van der Waals surface area contributed by atoms with Gasteiger partial charge in [0.25, 0.3) is 0 Å². The summed E-state index contributed by atoms with van der Waals surface area (Å²) in [5.41, 5.74) is 1.55. The van der Waals surface area contributed by atoms with Crippen molar-refractivity contribution in [1.29, 1.82) is 0 Å². The number of anilines is 1. The zero-order valence-corrected chi connectivity index (χ0v) is 25.3. The number of nitrogens with zero attached hydrogens (tertiary/aromatic N) is 5. The van der Waals surface area contributed by atoms with E-state index in [4.69, 9.17) is 30.6 Å². The van der Waals surface area contributed by atoms with E-state index >= 15 is 0 Å². The van der Waals surface area contributed by atoms with Gasteiger partial charge in [-0.3, -0.25) is 14.7 Å². The second kappa shape index (κ2) is 19.6. The standard InChI is InChI=1S/C21H30N4OS.2NO3.Pb/c1-5-27-14-13-25(15-17-9-6-7-12-22-17)16-18-10-8-11-19(23-18)24-20(26)21(2,3)4;2*2-1(3)4;/h6-12H,5,13-16H2,1-4H3,(H,23,24,26);;;/q;2*-1;+2. The summed E-state index contributed by atoms with van der Waals surface area (Å²) in [7, 11) is 0. The summed E-state index contributed by atoms with van der Waals surface area (Å²) in [6, 6.07) is 11.8. The molecule has 0 saturated carbocycles. The normalized spacial score (nSPS) is 10.0. The van der Waals surface area contributed by atoms with Gasteiger partial charge in [0.05, 0.1) is 21.6 Å². The van der Waals surface area contributed by atoms with Crippen molar-refractivity contribution < 1.29 is 15.0 Å². The Bertz CT molecular complexity index is 899. The van der Waals surface area contributed by atoms with Gasteiger partial charge in [0.2, 0.25) is 5.91 Å². The molecule has 0 aromatic carbocycles. The minimum absolute atomic E-state index is 0. The zero-order chi connectivity index (χ0) is 26.9. The van der Waals surface area contributed by atoms with Crippen molar-refractivity contribution in [3.05, 3.63) is 84.6 Å². The van der Waals surface area contributed by atoms with E-state index < -0.39 is 15.6 Å². The number of aromatic nitrogens is 2. The summed E-state index contributed by atoms with van der Waals surface area (Å²) in [6.07, 6.45) is 1.83. The maximum absolute atomic E-state index is 12.2. The zero-order valence-electron chi connectivity index (χ0n) is 20.6. The van der Waals surface area contributed by atoms with Crippen molar-refractivity contribution in [2.75, 3.05) is 23.4 Å². The molecule has 2 aromatic heterocycles. The van der Waals surface area contributed by atoms with Gasteiger partial charge in [0.15, 0.2) is 0 Å². The van der Waals surface area contributed by atoms with Crippen molar-refractivity contribution in [1.82, 2.24) is 14.9 Å².